The van der Waals surface area contributed by atoms with Crippen molar-refractivity contribution >= 4 is 29.1 Å². The van der Waals surface area contributed by atoms with Crippen LogP contribution in [0.5, 0.6) is 5.75 Å². The number of fused-ring (bicyclic) bond motifs is 1. The summed E-state index contributed by atoms with van der Waals surface area (Å²) in [5.74, 6) is 1.54. The lowest BCUT2D eigenvalue weighted by atomic mass is 9.95. The van der Waals surface area contributed by atoms with E-state index in [1.165, 1.54) is 0 Å². The number of benzene rings is 2. The highest BCUT2D eigenvalue weighted by molar-refractivity contribution is 6.31. The largest absolute Gasteiger partial charge is 0.497 e. The van der Waals surface area contributed by atoms with Gasteiger partial charge in [0.2, 0.25) is 5.95 Å². The normalized spacial score (nSPS) is 15.2. The smallest absolute Gasteiger partial charge is 0.255 e. The molecule has 0 bridgehead atoms. The number of aromatic nitrogens is 3. The number of amides is 1. The Morgan fingerprint density at radius 2 is 2.00 bits per heavy atom. The lowest BCUT2D eigenvalue weighted by Gasteiger charge is -2.29. The number of carbonyl (C=O) groups excluding carboxylic acids is 1. The summed E-state index contributed by atoms with van der Waals surface area (Å²) in [6, 6.07) is 13.9. The molecule has 2 heterocycles. The lowest BCUT2D eigenvalue weighted by molar-refractivity contribution is -0.113. The van der Waals surface area contributed by atoms with Gasteiger partial charge in [0, 0.05) is 35.0 Å². The van der Waals surface area contributed by atoms with Crippen molar-refractivity contribution in [3.8, 4) is 5.75 Å². The fraction of sp³-hybridized carbons (Fsp3) is 0.261. The first-order valence-corrected chi connectivity index (χ1v) is 10.6. The Labute approximate surface area is 190 Å². The zero-order chi connectivity index (χ0) is 22.7. The molecule has 32 heavy (non-hydrogen) atoms. The fourth-order valence-electron chi connectivity index (χ4n) is 3.69. The fourth-order valence-corrected chi connectivity index (χ4v) is 3.93. The number of hydrogen-bond donors (Lipinski definition) is 3. The van der Waals surface area contributed by atoms with Crippen LogP contribution in [0.4, 0.5) is 11.6 Å². The third-order valence-corrected chi connectivity index (χ3v) is 5.59. The van der Waals surface area contributed by atoms with Crippen LogP contribution in [0.15, 0.2) is 59.8 Å². The number of ether oxygens (including phenoxy) is 1. The summed E-state index contributed by atoms with van der Waals surface area (Å²) in [4.78, 5) is 18.0. The van der Waals surface area contributed by atoms with E-state index in [2.05, 4.69) is 20.7 Å². The van der Waals surface area contributed by atoms with Gasteiger partial charge in [-0.3, -0.25) is 4.79 Å². The first-order chi connectivity index (χ1) is 15.5. The maximum Gasteiger partial charge on any atom is 0.255 e. The van der Waals surface area contributed by atoms with E-state index in [-0.39, 0.29) is 12.5 Å². The van der Waals surface area contributed by atoms with E-state index in [4.69, 9.17) is 21.4 Å². The molecule has 9 heteroatoms. The van der Waals surface area contributed by atoms with Crippen LogP contribution in [0.1, 0.15) is 30.8 Å². The van der Waals surface area contributed by atoms with Crippen LogP contribution in [0.2, 0.25) is 5.02 Å². The van der Waals surface area contributed by atoms with Crippen LogP contribution in [-0.4, -0.2) is 39.5 Å². The summed E-state index contributed by atoms with van der Waals surface area (Å²) in [6.45, 7) is 1.89. The number of hydrogen-bond acceptors (Lipinski definition) is 6. The highest BCUT2D eigenvalue weighted by Gasteiger charge is 2.35. The maximum atomic E-state index is 13.4. The van der Waals surface area contributed by atoms with Crippen molar-refractivity contribution in [2.45, 2.75) is 25.8 Å². The van der Waals surface area contributed by atoms with E-state index in [1.807, 2.05) is 25.1 Å². The zero-order valence-electron chi connectivity index (χ0n) is 17.8. The number of nitrogens with one attached hydrogen (secondary N) is 2. The number of anilines is 2. The number of rotatable bonds is 7. The highest BCUT2D eigenvalue weighted by atomic mass is 35.5. The number of aliphatic hydroxyl groups is 1. The van der Waals surface area contributed by atoms with E-state index >= 15 is 0 Å². The zero-order valence-corrected chi connectivity index (χ0v) is 18.6. The third-order valence-electron chi connectivity index (χ3n) is 5.25. The quantitative estimate of drug-likeness (QED) is 0.503. The van der Waals surface area contributed by atoms with Gasteiger partial charge in [-0.15, -0.1) is 0 Å². The molecule has 1 aromatic heterocycles. The van der Waals surface area contributed by atoms with Crippen LogP contribution < -0.4 is 15.4 Å². The molecule has 0 aliphatic carbocycles. The molecule has 1 amide bonds. The van der Waals surface area contributed by atoms with E-state index < -0.39 is 6.04 Å². The van der Waals surface area contributed by atoms with Gasteiger partial charge in [0.1, 0.15) is 11.8 Å². The number of halogens is 1. The van der Waals surface area contributed by atoms with Crippen molar-refractivity contribution in [3.05, 3.63) is 76.2 Å². The average Bonchev–Trinajstić information content (AvgIpc) is 3.20. The first kappa shape index (κ1) is 21.9. The highest BCUT2D eigenvalue weighted by Crippen LogP contribution is 2.38. The number of nitrogens with zero attached hydrogens (tertiary/aromatic N) is 3. The van der Waals surface area contributed by atoms with Gasteiger partial charge >= 0.3 is 0 Å². The first-order valence-electron chi connectivity index (χ1n) is 10.3. The van der Waals surface area contributed by atoms with Crippen LogP contribution >= 0.6 is 11.6 Å². The molecule has 3 N–H and O–H groups in total. The van der Waals surface area contributed by atoms with Crippen LogP contribution in [0.25, 0.3) is 0 Å². The number of aryl methyl sites for hydroxylation is 1. The van der Waals surface area contributed by atoms with Gasteiger partial charge in [0.25, 0.3) is 5.91 Å². The molecular weight excluding hydrogens is 430 g/mol. The number of allylic oxidation sites excluding steroid dienone is 1. The van der Waals surface area contributed by atoms with Crippen LogP contribution in [0.3, 0.4) is 0 Å². The van der Waals surface area contributed by atoms with Crippen molar-refractivity contribution in [1.82, 2.24) is 14.8 Å². The minimum absolute atomic E-state index is 0.0536. The minimum Gasteiger partial charge on any atom is -0.497 e. The van der Waals surface area contributed by atoms with Gasteiger partial charge in [-0.2, -0.15) is 10.1 Å². The summed E-state index contributed by atoms with van der Waals surface area (Å²) in [7, 11) is 1.59. The SMILES string of the molecule is COc1ccc(NC(=O)C2=C(C)Nc3nc(CCCO)nn3C2c2ccccc2Cl)cc1. The second kappa shape index (κ2) is 9.42. The van der Waals surface area contributed by atoms with E-state index in [0.717, 1.165) is 5.56 Å². The topological polar surface area (TPSA) is 101 Å². The molecule has 1 atom stereocenters. The molecule has 0 saturated heterocycles. The van der Waals surface area contributed by atoms with E-state index in [0.29, 0.717) is 52.3 Å². The van der Waals surface area contributed by atoms with Gasteiger partial charge in [-0.25, -0.2) is 4.68 Å². The Morgan fingerprint density at radius 1 is 1.25 bits per heavy atom. The molecule has 0 radical (unpaired) electrons. The molecule has 0 fully saturated rings. The molecule has 0 saturated carbocycles. The molecule has 0 spiro atoms. The van der Waals surface area contributed by atoms with Crippen molar-refractivity contribution < 1.29 is 14.6 Å². The van der Waals surface area contributed by atoms with Gasteiger partial charge in [0.15, 0.2) is 5.82 Å². The van der Waals surface area contributed by atoms with Gasteiger partial charge in [0.05, 0.1) is 12.7 Å². The van der Waals surface area contributed by atoms with Gasteiger partial charge < -0.3 is 20.5 Å². The maximum absolute atomic E-state index is 13.4. The summed E-state index contributed by atoms with van der Waals surface area (Å²) >= 11 is 6.54. The predicted molar refractivity (Wildman–Crippen MR) is 123 cm³/mol. The van der Waals surface area contributed by atoms with Gasteiger partial charge in [-0.1, -0.05) is 29.8 Å². The average molecular weight is 454 g/mol. The van der Waals surface area contributed by atoms with Crippen molar-refractivity contribution in [2.24, 2.45) is 0 Å². The molecule has 8 nitrogen and oxygen atoms in total. The molecule has 1 aliphatic heterocycles. The second-order valence-electron chi connectivity index (χ2n) is 7.39. The summed E-state index contributed by atoms with van der Waals surface area (Å²) in [5.41, 5.74) is 2.53. The molecular formula is C23H24ClN5O3. The number of aliphatic hydroxyl groups excluding tert-OH is 1. The molecule has 2 aromatic carbocycles. The Kier molecular flexibility index (Phi) is 6.43. The Morgan fingerprint density at radius 3 is 2.69 bits per heavy atom. The van der Waals surface area contributed by atoms with E-state index in [1.54, 1.807) is 42.1 Å². The van der Waals surface area contributed by atoms with Crippen molar-refractivity contribution in [3.63, 3.8) is 0 Å². The van der Waals surface area contributed by atoms with Crippen LogP contribution in [-0.2, 0) is 11.2 Å². The summed E-state index contributed by atoms with van der Waals surface area (Å²) in [6.07, 6.45) is 1.08. The summed E-state index contributed by atoms with van der Waals surface area (Å²) < 4.78 is 6.87. The van der Waals surface area contributed by atoms with Crippen LogP contribution in [0, 0.1) is 0 Å². The van der Waals surface area contributed by atoms with Crippen molar-refractivity contribution in [2.75, 3.05) is 24.4 Å². The second-order valence-corrected chi connectivity index (χ2v) is 7.80. The standard InChI is InChI=1S/C23H24ClN5O3/c1-14-20(22(31)26-15-9-11-16(32-2)12-10-15)21(17-6-3-4-7-18(17)24)29-23(25-14)27-19(28-29)8-5-13-30/h3-4,6-7,9-12,21,30H,5,8,13H2,1-2H3,(H,26,31)(H,25,27,28). The third kappa shape index (κ3) is 4.32. The van der Waals surface area contributed by atoms with Crippen molar-refractivity contribution in [1.29, 1.82) is 0 Å². The molecule has 4 rings (SSSR count). The molecule has 1 aliphatic rings. The Hall–Kier alpha value is -3.36. The monoisotopic (exact) mass is 453 g/mol. The minimum atomic E-state index is -0.562. The Bertz CT molecular complexity index is 1160. The number of carbonyl (C=O) groups is 1. The molecule has 166 valence electrons. The molecule has 1 unspecified atom stereocenters. The van der Waals surface area contributed by atoms with E-state index in [9.17, 15) is 4.79 Å². The number of methoxy groups -OCH3 is 1. The summed E-state index contributed by atoms with van der Waals surface area (Å²) in [5, 5.41) is 20.5. The lowest BCUT2D eigenvalue weighted by Crippen LogP contribution is -2.31. The molecule has 3 aromatic rings. The predicted octanol–water partition coefficient (Wildman–Crippen LogP) is 3.79. The van der Waals surface area contributed by atoms with Gasteiger partial charge in [-0.05, 0) is 43.7 Å². The Balaban J connectivity index is 1.74.